The summed E-state index contributed by atoms with van der Waals surface area (Å²) in [5.41, 5.74) is 0. The van der Waals surface area contributed by atoms with Gasteiger partial charge in [-0.1, -0.05) is 24.3 Å². The third kappa shape index (κ3) is 2.53. The molecular weight excluding hydrogens is 248 g/mol. The van der Waals surface area contributed by atoms with Crippen LogP contribution in [0, 0.1) is 17.4 Å². The van der Waals surface area contributed by atoms with E-state index in [0.29, 0.717) is 12.0 Å². The van der Waals surface area contributed by atoms with Crippen LogP contribution in [0.2, 0.25) is 0 Å². The van der Waals surface area contributed by atoms with Crippen LogP contribution >= 0.6 is 0 Å². The molecule has 2 atom stereocenters. The summed E-state index contributed by atoms with van der Waals surface area (Å²) in [6.07, 6.45) is 5.19. The summed E-state index contributed by atoms with van der Waals surface area (Å²) in [4.78, 5) is 6.30. The summed E-state index contributed by atoms with van der Waals surface area (Å²) in [5.74, 6) is 1.41. The van der Waals surface area contributed by atoms with E-state index in [1.807, 2.05) is 23.2 Å². The monoisotopic (exact) mass is 266 g/mol. The van der Waals surface area contributed by atoms with Crippen LogP contribution in [0.4, 0.5) is 5.82 Å². The van der Waals surface area contributed by atoms with Crippen molar-refractivity contribution < 1.29 is 0 Å². The van der Waals surface area contributed by atoms with Crippen LogP contribution in [0.5, 0.6) is 0 Å². The van der Waals surface area contributed by atoms with E-state index >= 15 is 0 Å². The van der Waals surface area contributed by atoms with Gasteiger partial charge in [-0.05, 0) is 30.7 Å². The molecule has 1 N–H and O–H groups in total. The van der Waals surface area contributed by atoms with Crippen molar-refractivity contribution in [3.05, 3.63) is 36.5 Å². The van der Waals surface area contributed by atoms with Gasteiger partial charge in [0, 0.05) is 30.7 Å². The van der Waals surface area contributed by atoms with E-state index < -0.39 is 0 Å². The van der Waals surface area contributed by atoms with Gasteiger partial charge in [-0.15, -0.1) is 0 Å². The summed E-state index contributed by atoms with van der Waals surface area (Å²) in [6.45, 7) is 3.89. The Balaban J connectivity index is 1.71. The predicted octanol–water partition coefficient (Wildman–Crippen LogP) is 2.84. The van der Waals surface area contributed by atoms with E-state index in [9.17, 15) is 0 Å². The molecule has 2 aromatic rings. The fourth-order valence-corrected chi connectivity index (χ4v) is 2.80. The number of nitrogens with one attached hydrogen (secondary N) is 1. The first-order valence-corrected chi connectivity index (χ1v) is 7.02. The Morgan fingerprint density at radius 3 is 2.95 bits per heavy atom. The average molecular weight is 266 g/mol. The van der Waals surface area contributed by atoms with Gasteiger partial charge in [0.05, 0.1) is 0 Å². The van der Waals surface area contributed by atoms with Crippen molar-refractivity contribution in [1.82, 2.24) is 9.88 Å². The second-order valence-electron chi connectivity index (χ2n) is 5.44. The Kier molecular flexibility index (Phi) is 3.42. The third-order valence-corrected chi connectivity index (χ3v) is 4.08. The van der Waals surface area contributed by atoms with Crippen molar-refractivity contribution in [2.75, 3.05) is 18.4 Å². The first-order chi connectivity index (χ1) is 9.76. The number of hydrogen-bond acceptors (Lipinski definition) is 4. The molecule has 4 nitrogen and oxygen atoms in total. The summed E-state index contributed by atoms with van der Waals surface area (Å²) in [7, 11) is 0. The van der Waals surface area contributed by atoms with Crippen LogP contribution in [0.25, 0.3) is 10.8 Å². The van der Waals surface area contributed by atoms with Gasteiger partial charge < -0.3 is 10.2 Å². The fraction of sp³-hybridized carbons (Fsp3) is 0.375. The minimum Gasteiger partial charge on any atom is -0.367 e. The molecule has 0 amide bonds. The first kappa shape index (κ1) is 12.7. The number of fused-ring (bicyclic) bond motifs is 1. The van der Waals surface area contributed by atoms with Crippen molar-refractivity contribution in [1.29, 1.82) is 5.26 Å². The van der Waals surface area contributed by atoms with Gasteiger partial charge in [-0.25, -0.2) is 4.98 Å². The van der Waals surface area contributed by atoms with Gasteiger partial charge in [0.1, 0.15) is 5.82 Å². The van der Waals surface area contributed by atoms with Crippen molar-refractivity contribution >= 4 is 16.6 Å². The first-order valence-electron chi connectivity index (χ1n) is 7.02. The molecule has 1 aliphatic rings. The third-order valence-electron chi connectivity index (χ3n) is 4.08. The molecule has 0 spiro atoms. The smallest absolute Gasteiger partial charge is 0.179 e. The molecule has 1 aromatic heterocycles. The predicted molar refractivity (Wildman–Crippen MR) is 80.1 cm³/mol. The maximum Gasteiger partial charge on any atom is 0.179 e. The number of nitriles is 1. The normalized spacial score (nSPS) is 19.8. The summed E-state index contributed by atoms with van der Waals surface area (Å²) in [6, 6.07) is 10.6. The van der Waals surface area contributed by atoms with E-state index in [1.165, 1.54) is 5.39 Å². The second kappa shape index (κ2) is 5.38. The van der Waals surface area contributed by atoms with Gasteiger partial charge in [0.15, 0.2) is 6.19 Å². The number of nitrogens with zero attached hydrogens (tertiary/aromatic N) is 3. The summed E-state index contributed by atoms with van der Waals surface area (Å²) >= 11 is 0. The minimum atomic E-state index is 0.321. The minimum absolute atomic E-state index is 0.321. The van der Waals surface area contributed by atoms with Crippen molar-refractivity contribution in [2.24, 2.45) is 5.92 Å². The zero-order chi connectivity index (χ0) is 13.9. The largest absolute Gasteiger partial charge is 0.367 e. The zero-order valence-electron chi connectivity index (χ0n) is 11.6. The summed E-state index contributed by atoms with van der Waals surface area (Å²) < 4.78 is 0. The fourth-order valence-electron chi connectivity index (χ4n) is 2.80. The van der Waals surface area contributed by atoms with Gasteiger partial charge in [-0.3, -0.25) is 0 Å². The zero-order valence-corrected chi connectivity index (χ0v) is 11.6. The molecule has 20 heavy (non-hydrogen) atoms. The Morgan fingerprint density at radius 2 is 2.20 bits per heavy atom. The van der Waals surface area contributed by atoms with Gasteiger partial charge in [0.25, 0.3) is 0 Å². The van der Waals surface area contributed by atoms with E-state index in [4.69, 9.17) is 5.26 Å². The van der Waals surface area contributed by atoms with E-state index in [1.54, 1.807) is 0 Å². The number of anilines is 1. The molecule has 102 valence electrons. The lowest BCUT2D eigenvalue weighted by atomic mass is 10.0. The van der Waals surface area contributed by atoms with Gasteiger partial charge in [0.2, 0.25) is 0 Å². The summed E-state index contributed by atoms with van der Waals surface area (Å²) in [5, 5.41) is 14.7. The maximum absolute atomic E-state index is 8.92. The SMILES string of the molecule is CC(Nc1cc2ccccc2cn1)C1CCN(C#N)C1. The molecule has 3 rings (SSSR count). The van der Waals surface area contributed by atoms with Crippen LogP contribution in [0.15, 0.2) is 36.5 Å². The Hall–Kier alpha value is -2.28. The lowest BCUT2D eigenvalue weighted by Gasteiger charge is -2.20. The van der Waals surface area contributed by atoms with E-state index in [2.05, 4.69) is 41.6 Å². The van der Waals surface area contributed by atoms with Crippen LogP contribution in [-0.4, -0.2) is 29.0 Å². The van der Waals surface area contributed by atoms with Crippen LogP contribution in [0.3, 0.4) is 0 Å². The average Bonchev–Trinajstić information content (AvgIpc) is 2.96. The molecule has 0 aliphatic carbocycles. The Morgan fingerprint density at radius 1 is 1.40 bits per heavy atom. The van der Waals surface area contributed by atoms with Crippen molar-refractivity contribution in [2.45, 2.75) is 19.4 Å². The number of rotatable bonds is 3. The highest BCUT2D eigenvalue weighted by Crippen LogP contribution is 2.22. The number of likely N-dealkylation sites (tertiary alicyclic amines) is 1. The molecule has 1 fully saturated rings. The highest BCUT2D eigenvalue weighted by atomic mass is 15.1. The number of hydrogen-bond donors (Lipinski definition) is 1. The highest BCUT2D eigenvalue weighted by Gasteiger charge is 2.26. The Bertz CT molecular complexity index is 646. The van der Waals surface area contributed by atoms with Crippen LogP contribution < -0.4 is 5.32 Å². The molecule has 0 bridgehead atoms. The number of aromatic nitrogens is 1. The van der Waals surface area contributed by atoms with Crippen LogP contribution in [-0.2, 0) is 0 Å². The molecular formula is C16H18N4. The Labute approximate surface area is 119 Å². The van der Waals surface area contributed by atoms with Crippen molar-refractivity contribution in [3.8, 4) is 6.19 Å². The molecule has 4 heteroatoms. The molecule has 0 radical (unpaired) electrons. The van der Waals surface area contributed by atoms with Gasteiger partial charge >= 0.3 is 0 Å². The van der Waals surface area contributed by atoms with Gasteiger partial charge in [-0.2, -0.15) is 5.26 Å². The highest BCUT2D eigenvalue weighted by molar-refractivity contribution is 5.83. The quantitative estimate of drug-likeness (QED) is 0.868. The molecule has 2 unspecified atom stereocenters. The number of benzene rings is 1. The van der Waals surface area contributed by atoms with E-state index in [-0.39, 0.29) is 0 Å². The molecule has 1 aliphatic heterocycles. The lowest BCUT2D eigenvalue weighted by Crippen LogP contribution is -2.28. The number of pyridine rings is 1. The lowest BCUT2D eigenvalue weighted by molar-refractivity contribution is 0.432. The van der Waals surface area contributed by atoms with Crippen molar-refractivity contribution in [3.63, 3.8) is 0 Å². The molecule has 2 heterocycles. The molecule has 1 aromatic carbocycles. The molecule has 1 saturated heterocycles. The topological polar surface area (TPSA) is 52.0 Å². The standard InChI is InChI=1S/C16H18N4/c1-12(15-6-7-20(10-15)11-17)19-16-8-13-4-2-3-5-14(13)9-18-16/h2-5,8-9,12,15H,6-7,10H2,1H3,(H,18,19). The molecule has 0 saturated carbocycles. The maximum atomic E-state index is 8.92. The second-order valence-corrected chi connectivity index (χ2v) is 5.44. The van der Waals surface area contributed by atoms with Crippen LogP contribution in [0.1, 0.15) is 13.3 Å². The van der Waals surface area contributed by atoms with E-state index in [0.717, 1.165) is 30.7 Å².